The van der Waals surface area contributed by atoms with Gasteiger partial charge in [-0.25, -0.2) is 4.98 Å². The van der Waals surface area contributed by atoms with Crippen LogP contribution in [0.1, 0.15) is 36.6 Å². The van der Waals surface area contributed by atoms with Gasteiger partial charge in [0.1, 0.15) is 17.5 Å². The number of anilines is 1. The molecule has 0 aliphatic carbocycles. The van der Waals surface area contributed by atoms with Crippen LogP contribution in [0.3, 0.4) is 0 Å². The average Bonchev–Trinajstić information content (AvgIpc) is 2.62. The van der Waals surface area contributed by atoms with Gasteiger partial charge in [-0.3, -0.25) is 4.79 Å². The van der Waals surface area contributed by atoms with E-state index in [1.165, 1.54) is 11.8 Å². The molecule has 0 saturated carbocycles. The zero-order chi connectivity index (χ0) is 18.2. The van der Waals surface area contributed by atoms with Crippen LogP contribution in [0.4, 0.5) is 5.82 Å². The van der Waals surface area contributed by atoms with Crippen molar-refractivity contribution in [2.24, 2.45) is 0 Å². The fraction of sp³-hybridized carbons (Fsp3) is 0.250. The smallest absolute Gasteiger partial charge is 0.263 e. The lowest BCUT2D eigenvalue weighted by Crippen LogP contribution is -2.28. The van der Waals surface area contributed by atoms with Gasteiger partial charge in [0.05, 0.1) is 6.04 Å². The van der Waals surface area contributed by atoms with E-state index in [4.69, 9.17) is 0 Å². The number of rotatable bonds is 6. The van der Waals surface area contributed by atoms with Crippen LogP contribution in [0.25, 0.3) is 0 Å². The van der Waals surface area contributed by atoms with E-state index in [-0.39, 0.29) is 11.6 Å². The van der Waals surface area contributed by atoms with Crippen molar-refractivity contribution < 1.29 is 4.79 Å². The van der Waals surface area contributed by atoms with Gasteiger partial charge < -0.3 is 10.6 Å². The molecule has 0 bridgehead atoms. The maximum Gasteiger partial charge on any atom is 0.263 e. The predicted octanol–water partition coefficient (Wildman–Crippen LogP) is 3.65. The summed E-state index contributed by atoms with van der Waals surface area (Å²) in [4.78, 5) is 16.4. The topological polar surface area (TPSA) is 77.8 Å². The molecule has 1 unspecified atom stereocenters. The zero-order valence-corrected chi connectivity index (χ0v) is 14.7. The monoisotopic (exact) mass is 334 g/mol. The first-order valence-electron chi connectivity index (χ1n) is 8.22. The van der Waals surface area contributed by atoms with Gasteiger partial charge in [-0.1, -0.05) is 31.2 Å². The van der Waals surface area contributed by atoms with Crippen molar-refractivity contribution in [3.63, 3.8) is 0 Å². The molecule has 2 N–H and O–H groups in total. The maximum absolute atomic E-state index is 12.3. The Balaban J connectivity index is 2.03. The molecule has 2 rings (SSSR count). The Hall–Kier alpha value is -3.13. The summed E-state index contributed by atoms with van der Waals surface area (Å²) >= 11 is 0. The summed E-state index contributed by atoms with van der Waals surface area (Å²) < 4.78 is 0. The van der Waals surface area contributed by atoms with Crippen LogP contribution in [0, 0.1) is 18.3 Å². The van der Waals surface area contributed by atoms with Crippen LogP contribution in [-0.4, -0.2) is 10.9 Å². The van der Waals surface area contributed by atoms with Crippen LogP contribution in [0.2, 0.25) is 0 Å². The number of hydrogen-bond acceptors (Lipinski definition) is 4. The normalized spacial score (nSPS) is 12.2. The number of carbonyl (C=O) groups excluding carboxylic acids is 1. The first-order valence-corrected chi connectivity index (χ1v) is 8.22. The largest absolute Gasteiger partial charge is 0.345 e. The minimum absolute atomic E-state index is 0.000310. The van der Waals surface area contributed by atoms with E-state index in [0.717, 1.165) is 17.5 Å². The van der Waals surface area contributed by atoms with Crippen molar-refractivity contribution in [1.82, 2.24) is 10.3 Å². The molecule has 128 valence electrons. The number of benzene rings is 1. The van der Waals surface area contributed by atoms with E-state index in [1.807, 2.05) is 56.3 Å². The second-order valence-corrected chi connectivity index (χ2v) is 5.82. The molecule has 0 aliphatic rings. The van der Waals surface area contributed by atoms with Crippen LogP contribution in [0.5, 0.6) is 0 Å². The van der Waals surface area contributed by atoms with Crippen molar-refractivity contribution in [2.75, 3.05) is 5.32 Å². The Labute approximate surface area is 148 Å². The van der Waals surface area contributed by atoms with Gasteiger partial charge in [-0.2, -0.15) is 5.26 Å². The molecule has 0 aliphatic heterocycles. The summed E-state index contributed by atoms with van der Waals surface area (Å²) in [5, 5.41) is 15.0. The van der Waals surface area contributed by atoms with E-state index in [0.29, 0.717) is 5.82 Å². The molecule has 1 amide bonds. The molecule has 1 atom stereocenters. The van der Waals surface area contributed by atoms with Crippen molar-refractivity contribution in [1.29, 1.82) is 5.26 Å². The number of nitrogens with one attached hydrogen (secondary N) is 2. The van der Waals surface area contributed by atoms with Gasteiger partial charge in [-0.05, 0) is 49.1 Å². The number of nitriles is 1. The van der Waals surface area contributed by atoms with Crippen molar-refractivity contribution in [3.8, 4) is 6.07 Å². The highest BCUT2D eigenvalue weighted by molar-refractivity contribution is 5.97. The summed E-state index contributed by atoms with van der Waals surface area (Å²) in [5.41, 5.74) is 3.28. The highest BCUT2D eigenvalue weighted by atomic mass is 16.1. The Morgan fingerprint density at radius 1 is 1.32 bits per heavy atom. The van der Waals surface area contributed by atoms with Crippen LogP contribution >= 0.6 is 0 Å². The molecule has 1 heterocycles. The second-order valence-electron chi connectivity index (χ2n) is 5.82. The molecule has 0 radical (unpaired) electrons. The number of aryl methyl sites for hydroxylation is 2. The fourth-order valence-corrected chi connectivity index (χ4v) is 2.31. The SMILES string of the molecule is CCc1ccc(C(C)NC(=O)/C(C#N)=C\Nc2cc(C)ccn2)cc1. The molecular formula is C20H22N4O. The van der Waals surface area contributed by atoms with Gasteiger partial charge in [0.2, 0.25) is 0 Å². The summed E-state index contributed by atoms with van der Waals surface area (Å²) in [6, 6.07) is 13.5. The molecule has 25 heavy (non-hydrogen) atoms. The quantitative estimate of drug-likeness (QED) is 0.624. The van der Waals surface area contributed by atoms with Crippen LogP contribution in [0.15, 0.2) is 54.4 Å². The first kappa shape index (κ1) is 18.2. The highest BCUT2D eigenvalue weighted by Gasteiger charge is 2.13. The molecule has 5 nitrogen and oxygen atoms in total. The lowest BCUT2D eigenvalue weighted by Gasteiger charge is -2.14. The number of carbonyl (C=O) groups is 1. The Morgan fingerprint density at radius 2 is 2.04 bits per heavy atom. The molecule has 2 aromatic rings. The second kappa shape index (κ2) is 8.65. The van der Waals surface area contributed by atoms with E-state index < -0.39 is 5.91 Å². The van der Waals surface area contributed by atoms with Crippen molar-refractivity contribution in [2.45, 2.75) is 33.2 Å². The molecule has 0 spiro atoms. The number of hydrogen-bond donors (Lipinski definition) is 2. The predicted molar refractivity (Wildman–Crippen MR) is 98.7 cm³/mol. The minimum Gasteiger partial charge on any atom is -0.345 e. The van der Waals surface area contributed by atoms with E-state index in [1.54, 1.807) is 6.20 Å². The molecule has 0 saturated heterocycles. The lowest BCUT2D eigenvalue weighted by atomic mass is 10.0. The number of nitrogens with zero attached hydrogens (tertiary/aromatic N) is 2. The number of pyridine rings is 1. The Bertz CT molecular complexity index is 803. The fourth-order valence-electron chi connectivity index (χ4n) is 2.31. The molecular weight excluding hydrogens is 312 g/mol. The summed E-state index contributed by atoms with van der Waals surface area (Å²) in [7, 11) is 0. The average molecular weight is 334 g/mol. The van der Waals surface area contributed by atoms with Gasteiger partial charge >= 0.3 is 0 Å². The summed E-state index contributed by atoms with van der Waals surface area (Å²) in [5.74, 6) is 0.165. The molecule has 0 fully saturated rings. The van der Waals surface area contributed by atoms with E-state index in [2.05, 4.69) is 22.5 Å². The van der Waals surface area contributed by atoms with E-state index in [9.17, 15) is 10.1 Å². The first-order chi connectivity index (χ1) is 12.0. The highest BCUT2D eigenvalue weighted by Crippen LogP contribution is 2.14. The molecule has 1 aromatic carbocycles. The van der Waals surface area contributed by atoms with E-state index >= 15 is 0 Å². The van der Waals surface area contributed by atoms with Crippen LogP contribution < -0.4 is 10.6 Å². The van der Waals surface area contributed by atoms with Crippen molar-refractivity contribution in [3.05, 3.63) is 71.1 Å². The van der Waals surface area contributed by atoms with Crippen molar-refractivity contribution >= 4 is 11.7 Å². The minimum atomic E-state index is -0.422. The lowest BCUT2D eigenvalue weighted by molar-refractivity contribution is -0.117. The summed E-state index contributed by atoms with van der Waals surface area (Å²) in [6.07, 6.45) is 4.02. The third kappa shape index (κ3) is 5.18. The van der Waals surface area contributed by atoms with Gasteiger partial charge in [0, 0.05) is 12.4 Å². The Kier molecular flexibility index (Phi) is 6.30. The Morgan fingerprint density at radius 3 is 2.64 bits per heavy atom. The molecule has 5 heteroatoms. The third-order valence-electron chi connectivity index (χ3n) is 3.88. The number of amides is 1. The maximum atomic E-state index is 12.3. The van der Waals surface area contributed by atoms with Gasteiger partial charge in [0.25, 0.3) is 5.91 Å². The zero-order valence-electron chi connectivity index (χ0n) is 14.7. The third-order valence-corrected chi connectivity index (χ3v) is 3.88. The summed E-state index contributed by atoms with van der Waals surface area (Å²) in [6.45, 7) is 5.93. The van der Waals surface area contributed by atoms with Crippen LogP contribution in [-0.2, 0) is 11.2 Å². The van der Waals surface area contributed by atoms with Gasteiger partial charge in [-0.15, -0.1) is 0 Å². The van der Waals surface area contributed by atoms with Gasteiger partial charge in [0.15, 0.2) is 0 Å². The standard InChI is InChI=1S/C20H22N4O/c1-4-16-5-7-17(8-6-16)15(3)24-20(25)18(12-21)13-23-19-11-14(2)9-10-22-19/h5-11,13,15H,4H2,1-3H3,(H,22,23)(H,24,25)/b18-13-. The number of aromatic nitrogens is 1. The molecule has 1 aromatic heterocycles.